The number of hydrogen-bond donors (Lipinski definition) is 1. The van der Waals surface area contributed by atoms with Crippen molar-refractivity contribution in [3.8, 4) is 0 Å². The summed E-state index contributed by atoms with van der Waals surface area (Å²) in [4.78, 5) is 4.31. The summed E-state index contributed by atoms with van der Waals surface area (Å²) in [6.07, 6.45) is 1.97. The highest BCUT2D eigenvalue weighted by atomic mass is 35.5. The van der Waals surface area contributed by atoms with Gasteiger partial charge < -0.3 is 0 Å². The van der Waals surface area contributed by atoms with Gasteiger partial charge in [0.25, 0.3) is 0 Å². The number of nitrogens with zero attached hydrogens (tertiary/aromatic N) is 3. The molecule has 1 unspecified atom stereocenters. The van der Waals surface area contributed by atoms with Crippen LogP contribution in [-0.4, -0.2) is 36.5 Å². The Labute approximate surface area is 151 Å². The van der Waals surface area contributed by atoms with Crippen LogP contribution in [0.1, 0.15) is 17.0 Å². The maximum atomic E-state index is 6.03. The lowest BCUT2D eigenvalue weighted by molar-refractivity contribution is 0.465. The highest BCUT2D eigenvalue weighted by Gasteiger charge is 2.31. The van der Waals surface area contributed by atoms with Gasteiger partial charge in [0.2, 0.25) is 5.96 Å². The summed E-state index contributed by atoms with van der Waals surface area (Å²) in [6.45, 7) is 0.752. The third kappa shape index (κ3) is 3.57. The zero-order chi connectivity index (χ0) is 16.9. The number of benzene rings is 2. The molecule has 2 aromatic carbocycles. The van der Waals surface area contributed by atoms with E-state index < -0.39 is 0 Å². The second kappa shape index (κ2) is 7.73. The van der Waals surface area contributed by atoms with Crippen LogP contribution in [0.25, 0.3) is 0 Å². The molecule has 0 saturated carbocycles. The van der Waals surface area contributed by atoms with E-state index in [9.17, 15) is 0 Å². The summed E-state index contributed by atoms with van der Waals surface area (Å²) in [6, 6.07) is 18.3. The van der Waals surface area contributed by atoms with Crippen molar-refractivity contribution in [3.63, 3.8) is 0 Å². The molecule has 124 valence electrons. The van der Waals surface area contributed by atoms with Gasteiger partial charge in [0.05, 0.1) is 12.3 Å². The first-order chi connectivity index (χ1) is 11.7. The van der Waals surface area contributed by atoms with Crippen molar-refractivity contribution in [1.82, 2.24) is 9.73 Å². The van der Waals surface area contributed by atoms with Crippen molar-refractivity contribution in [1.29, 1.82) is 0 Å². The molecular formula is C18H19ClN4S. The van der Waals surface area contributed by atoms with E-state index in [1.54, 1.807) is 7.05 Å². The molecule has 0 amide bonds. The van der Waals surface area contributed by atoms with Gasteiger partial charge in [-0.15, -0.1) is 0 Å². The fraction of sp³-hybridized carbons (Fsp3) is 0.222. The molecule has 24 heavy (non-hydrogen) atoms. The van der Waals surface area contributed by atoms with Crippen molar-refractivity contribution < 1.29 is 0 Å². The standard InChI is InChI=1S/C18H19ClN4S/c1-20-18(22-24-2)23-12-16(13-6-4-3-5-7-13)17(21-23)14-8-10-15(19)11-9-14/h3-11,16H,12H2,1-2H3,(H,20,22). The molecule has 0 aromatic heterocycles. The van der Waals surface area contributed by atoms with Gasteiger partial charge >= 0.3 is 0 Å². The first-order valence-electron chi connectivity index (χ1n) is 7.65. The largest absolute Gasteiger partial charge is 0.299 e. The molecule has 0 bridgehead atoms. The molecule has 2 aromatic rings. The van der Waals surface area contributed by atoms with E-state index in [0.29, 0.717) is 0 Å². The van der Waals surface area contributed by atoms with Crippen molar-refractivity contribution in [2.24, 2.45) is 10.1 Å². The summed E-state index contributed by atoms with van der Waals surface area (Å²) in [5, 5.41) is 7.49. The Balaban J connectivity index is 1.99. The Morgan fingerprint density at radius 1 is 1.21 bits per heavy atom. The van der Waals surface area contributed by atoms with Gasteiger partial charge in [-0.25, -0.2) is 5.01 Å². The van der Waals surface area contributed by atoms with Gasteiger partial charge in [-0.3, -0.25) is 9.71 Å². The van der Waals surface area contributed by atoms with Gasteiger partial charge in [-0.05, 0) is 23.3 Å². The van der Waals surface area contributed by atoms with E-state index >= 15 is 0 Å². The molecule has 1 atom stereocenters. The van der Waals surface area contributed by atoms with Gasteiger partial charge in [0.15, 0.2) is 0 Å². The van der Waals surface area contributed by atoms with E-state index in [2.05, 4.69) is 34.0 Å². The van der Waals surface area contributed by atoms with E-state index in [1.807, 2.05) is 41.6 Å². The minimum absolute atomic E-state index is 0.188. The summed E-state index contributed by atoms with van der Waals surface area (Å²) in [7, 11) is 1.77. The SMILES string of the molecule is CN=C(NSC)N1CC(c2ccccc2)C(c2ccc(Cl)cc2)=N1. The van der Waals surface area contributed by atoms with Gasteiger partial charge in [0, 0.05) is 24.2 Å². The van der Waals surface area contributed by atoms with Crippen LogP contribution in [0.15, 0.2) is 64.7 Å². The highest BCUT2D eigenvalue weighted by Crippen LogP contribution is 2.29. The minimum atomic E-state index is 0.188. The first kappa shape index (κ1) is 16.9. The van der Waals surface area contributed by atoms with E-state index in [4.69, 9.17) is 16.7 Å². The van der Waals surface area contributed by atoms with Crippen molar-refractivity contribution in [2.75, 3.05) is 19.8 Å². The molecule has 0 radical (unpaired) electrons. The number of hydrazone groups is 1. The summed E-state index contributed by atoms with van der Waals surface area (Å²) < 4.78 is 3.19. The monoisotopic (exact) mass is 358 g/mol. The lowest BCUT2D eigenvalue weighted by atomic mass is 9.91. The average molecular weight is 359 g/mol. The van der Waals surface area contributed by atoms with Crippen molar-refractivity contribution in [2.45, 2.75) is 5.92 Å². The Morgan fingerprint density at radius 2 is 1.92 bits per heavy atom. The van der Waals surface area contributed by atoms with Crippen LogP contribution in [0.2, 0.25) is 5.02 Å². The molecule has 3 rings (SSSR count). The number of guanidine groups is 1. The van der Waals surface area contributed by atoms with Gasteiger partial charge in [-0.2, -0.15) is 5.10 Å². The maximum absolute atomic E-state index is 6.03. The highest BCUT2D eigenvalue weighted by molar-refractivity contribution is 7.97. The molecular weight excluding hydrogens is 340 g/mol. The van der Waals surface area contributed by atoms with Gasteiger partial charge in [0.1, 0.15) is 0 Å². The maximum Gasteiger partial charge on any atom is 0.224 e. The third-order valence-corrected chi connectivity index (χ3v) is 4.54. The predicted octanol–water partition coefficient (Wildman–Crippen LogP) is 4.00. The van der Waals surface area contributed by atoms with Crippen LogP contribution in [-0.2, 0) is 0 Å². The quantitative estimate of drug-likeness (QED) is 0.512. The Kier molecular flexibility index (Phi) is 5.43. The first-order valence-corrected chi connectivity index (χ1v) is 9.26. The second-order valence-electron chi connectivity index (χ2n) is 5.39. The van der Waals surface area contributed by atoms with E-state index in [-0.39, 0.29) is 5.92 Å². The van der Waals surface area contributed by atoms with Crippen LogP contribution in [0, 0.1) is 0 Å². The zero-order valence-corrected chi connectivity index (χ0v) is 15.2. The Hall–Kier alpha value is -1.98. The zero-order valence-electron chi connectivity index (χ0n) is 13.6. The second-order valence-corrected chi connectivity index (χ2v) is 6.44. The number of aliphatic imine (C=N–C) groups is 1. The topological polar surface area (TPSA) is 40.0 Å². The Bertz CT molecular complexity index is 743. The van der Waals surface area contributed by atoms with Gasteiger partial charge in [-0.1, -0.05) is 66.0 Å². The smallest absolute Gasteiger partial charge is 0.224 e. The summed E-state index contributed by atoms with van der Waals surface area (Å²) in [5.41, 5.74) is 3.35. The minimum Gasteiger partial charge on any atom is -0.299 e. The third-order valence-electron chi connectivity index (χ3n) is 3.91. The Morgan fingerprint density at radius 3 is 2.54 bits per heavy atom. The van der Waals surface area contributed by atoms with E-state index in [0.717, 1.165) is 28.8 Å². The summed E-state index contributed by atoms with van der Waals surface area (Å²) in [5.74, 6) is 0.945. The van der Waals surface area contributed by atoms with Crippen LogP contribution in [0.4, 0.5) is 0 Å². The molecule has 0 spiro atoms. The van der Waals surface area contributed by atoms with Crippen LogP contribution < -0.4 is 4.72 Å². The van der Waals surface area contributed by atoms with Crippen molar-refractivity contribution in [3.05, 3.63) is 70.7 Å². The van der Waals surface area contributed by atoms with E-state index in [1.165, 1.54) is 17.5 Å². The van der Waals surface area contributed by atoms with Crippen molar-refractivity contribution >= 4 is 35.2 Å². The summed E-state index contributed by atoms with van der Waals surface area (Å²) >= 11 is 7.54. The fourth-order valence-electron chi connectivity index (χ4n) is 2.77. The average Bonchev–Trinajstić information content (AvgIpc) is 3.06. The number of halogens is 1. The molecule has 0 fully saturated rings. The molecule has 1 aliphatic heterocycles. The molecule has 1 heterocycles. The predicted molar refractivity (Wildman–Crippen MR) is 104 cm³/mol. The molecule has 1 N–H and O–H groups in total. The van der Waals surface area contributed by atoms with Crippen LogP contribution >= 0.6 is 23.5 Å². The van der Waals surface area contributed by atoms with Crippen LogP contribution in [0.3, 0.4) is 0 Å². The molecule has 4 nitrogen and oxygen atoms in total. The molecule has 0 aliphatic carbocycles. The lowest BCUT2D eigenvalue weighted by Crippen LogP contribution is -2.34. The van der Waals surface area contributed by atoms with Crippen LogP contribution in [0.5, 0.6) is 0 Å². The normalized spacial score (nSPS) is 17.8. The number of nitrogens with one attached hydrogen (secondary N) is 1. The number of hydrogen-bond acceptors (Lipinski definition) is 3. The number of rotatable bonds is 3. The molecule has 1 aliphatic rings. The molecule has 6 heteroatoms. The molecule has 0 saturated heterocycles. The fourth-order valence-corrected chi connectivity index (χ4v) is 3.27. The lowest BCUT2D eigenvalue weighted by Gasteiger charge is -2.18.